The Morgan fingerprint density at radius 1 is 1.05 bits per heavy atom. The molecule has 0 aromatic heterocycles. The van der Waals surface area contributed by atoms with Crippen molar-refractivity contribution in [1.29, 1.82) is 0 Å². The summed E-state index contributed by atoms with van der Waals surface area (Å²) in [5.74, 6) is 0. The zero-order chi connectivity index (χ0) is 16.9. The minimum atomic E-state index is -1.83. The molecule has 0 fully saturated rings. The minimum absolute atomic E-state index is 0.237. The molecule has 0 aliphatic carbocycles. The zero-order valence-corrected chi connectivity index (χ0v) is 16.4. The quantitative estimate of drug-likeness (QED) is 0.536. The molecular weight excluding hydrogens is 316 g/mol. The van der Waals surface area contributed by atoms with Crippen LogP contribution in [0.2, 0.25) is 19.6 Å². The van der Waals surface area contributed by atoms with Crippen molar-refractivity contribution in [2.24, 2.45) is 0 Å². The molecule has 126 valence electrons. The SMILES string of the molecule is COC(OC)[C@@H](O[Si](C)(C)C)[C@H](C)S(=O)c1ccc(C)cc1. The molecule has 0 N–H and O–H groups in total. The summed E-state index contributed by atoms with van der Waals surface area (Å²) in [5, 5.41) is -0.237. The summed E-state index contributed by atoms with van der Waals surface area (Å²) in [7, 11) is 0.143. The summed E-state index contributed by atoms with van der Waals surface area (Å²) >= 11 is 0. The Kier molecular flexibility index (Phi) is 7.41. The normalized spacial score (nSPS) is 16.5. The summed E-state index contributed by atoms with van der Waals surface area (Å²) < 4.78 is 29.8. The highest BCUT2D eigenvalue weighted by molar-refractivity contribution is 7.85. The van der Waals surface area contributed by atoms with Gasteiger partial charge in [-0.15, -0.1) is 0 Å². The third-order valence-electron chi connectivity index (χ3n) is 3.28. The fourth-order valence-electron chi connectivity index (χ4n) is 2.15. The fraction of sp³-hybridized carbons (Fsp3) is 0.625. The van der Waals surface area contributed by atoms with Gasteiger partial charge in [-0.3, -0.25) is 4.21 Å². The number of benzene rings is 1. The van der Waals surface area contributed by atoms with Gasteiger partial charge in [0.2, 0.25) is 0 Å². The topological polar surface area (TPSA) is 44.8 Å². The van der Waals surface area contributed by atoms with Crippen LogP contribution in [0.5, 0.6) is 0 Å². The van der Waals surface area contributed by atoms with Gasteiger partial charge >= 0.3 is 0 Å². The summed E-state index contributed by atoms with van der Waals surface area (Å²) in [6.45, 7) is 10.2. The lowest BCUT2D eigenvalue weighted by molar-refractivity contribution is -0.157. The van der Waals surface area contributed by atoms with E-state index < -0.39 is 25.4 Å². The summed E-state index contributed by atoms with van der Waals surface area (Å²) in [4.78, 5) is 0.799. The van der Waals surface area contributed by atoms with Crippen LogP contribution in [0, 0.1) is 6.92 Å². The van der Waals surface area contributed by atoms with Crippen LogP contribution in [0.25, 0.3) is 0 Å². The molecule has 0 saturated carbocycles. The van der Waals surface area contributed by atoms with Gasteiger partial charge in [-0.25, -0.2) is 0 Å². The molecule has 0 aliphatic rings. The van der Waals surface area contributed by atoms with E-state index in [1.807, 2.05) is 38.1 Å². The molecule has 0 aliphatic heterocycles. The van der Waals surface area contributed by atoms with Crippen LogP contribution in [0.4, 0.5) is 0 Å². The summed E-state index contributed by atoms with van der Waals surface area (Å²) in [6.07, 6.45) is -0.903. The molecule has 0 heterocycles. The molecule has 0 saturated heterocycles. The molecule has 1 aromatic rings. The van der Waals surface area contributed by atoms with Gasteiger partial charge in [0.05, 0.1) is 16.0 Å². The van der Waals surface area contributed by atoms with E-state index in [9.17, 15) is 4.21 Å². The van der Waals surface area contributed by atoms with Crippen molar-refractivity contribution >= 4 is 19.1 Å². The van der Waals surface area contributed by atoms with Gasteiger partial charge in [0.15, 0.2) is 14.6 Å². The first-order valence-corrected chi connectivity index (χ1v) is 12.0. The molecule has 6 heteroatoms. The van der Waals surface area contributed by atoms with Crippen molar-refractivity contribution in [3.63, 3.8) is 0 Å². The van der Waals surface area contributed by atoms with E-state index in [0.717, 1.165) is 10.5 Å². The Bertz CT molecular complexity index is 480. The highest BCUT2D eigenvalue weighted by atomic mass is 32.2. The largest absolute Gasteiger partial charge is 0.408 e. The number of hydrogen-bond acceptors (Lipinski definition) is 4. The average molecular weight is 345 g/mol. The lowest BCUT2D eigenvalue weighted by atomic mass is 10.2. The van der Waals surface area contributed by atoms with Crippen molar-refractivity contribution in [2.45, 2.75) is 56.0 Å². The lowest BCUT2D eigenvalue weighted by Crippen LogP contribution is -2.48. The zero-order valence-electron chi connectivity index (χ0n) is 14.6. The molecule has 22 heavy (non-hydrogen) atoms. The average Bonchev–Trinajstić information content (AvgIpc) is 2.45. The Balaban J connectivity index is 3.01. The molecular formula is C16H28O4SSi. The predicted octanol–water partition coefficient (Wildman–Crippen LogP) is 3.33. The molecule has 3 atom stereocenters. The number of ether oxygens (including phenoxy) is 2. The molecule has 0 spiro atoms. The lowest BCUT2D eigenvalue weighted by Gasteiger charge is -2.34. The monoisotopic (exact) mass is 344 g/mol. The molecule has 0 amide bonds. The van der Waals surface area contributed by atoms with Crippen molar-refractivity contribution in [2.75, 3.05) is 14.2 Å². The van der Waals surface area contributed by atoms with Crippen LogP contribution in [-0.4, -0.2) is 44.4 Å². The van der Waals surface area contributed by atoms with Crippen LogP contribution in [-0.2, 0) is 24.7 Å². The number of methoxy groups -OCH3 is 2. The van der Waals surface area contributed by atoms with Crippen molar-refractivity contribution in [3.05, 3.63) is 29.8 Å². The van der Waals surface area contributed by atoms with Gasteiger partial charge in [0, 0.05) is 19.1 Å². The maximum Gasteiger partial charge on any atom is 0.184 e. The third-order valence-corrected chi connectivity index (χ3v) is 5.94. The second-order valence-corrected chi connectivity index (χ2v) is 12.6. The van der Waals surface area contributed by atoms with Crippen LogP contribution >= 0.6 is 0 Å². The highest BCUT2D eigenvalue weighted by Crippen LogP contribution is 2.23. The smallest absolute Gasteiger partial charge is 0.184 e. The maximum atomic E-state index is 12.9. The molecule has 0 bridgehead atoms. The van der Waals surface area contributed by atoms with Crippen LogP contribution in [0.3, 0.4) is 0 Å². The van der Waals surface area contributed by atoms with Gasteiger partial charge in [0.1, 0.15) is 6.10 Å². The van der Waals surface area contributed by atoms with Gasteiger partial charge < -0.3 is 13.9 Å². The van der Waals surface area contributed by atoms with Crippen LogP contribution in [0.1, 0.15) is 12.5 Å². The number of hydrogen-bond donors (Lipinski definition) is 0. The molecule has 1 aromatic carbocycles. The highest BCUT2D eigenvalue weighted by Gasteiger charge is 2.35. The van der Waals surface area contributed by atoms with E-state index in [2.05, 4.69) is 19.6 Å². The van der Waals surface area contributed by atoms with Crippen LogP contribution in [0.15, 0.2) is 29.2 Å². The van der Waals surface area contributed by atoms with E-state index >= 15 is 0 Å². The molecule has 1 rings (SSSR count). The van der Waals surface area contributed by atoms with Gasteiger partial charge in [-0.1, -0.05) is 17.7 Å². The van der Waals surface area contributed by atoms with Gasteiger partial charge in [-0.2, -0.15) is 0 Å². The maximum absolute atomic E-state index is 12.9. The fourth-order valence-corrected chi connectivity index (χ4v) is 4.65. The van der Waals surface area contributed by atoms with Crippen molar-refractivity contribution in [3.8, 4) is 0 Å². The van der Waals surface area contributed by atoms with E-state index in [-0.39, 0.29) is 11.4 Å². The first-order valence-electron chi connectivity index (χ1n) is 7.40. The molecule has 4 nitrogen and oxygen atoms in total. The van der Waals surface area contributed by atoms with E-state index in [1.54, 1.807) is 14.2 Å². The van der Waals surface area contributed by atoms with Crippen molar-refractivity contribution < 1.29 is 18.1 Å². The summed E-state index contributed by atoms with van der Waals surface area (Å²) in [5.41, 5.74) is 1.15. The summed E-state index contributed by atoms with van der Waals surface area (Å²) in [6, 6.07) is 7.75. The van der Waals surface area contributed by atoms with E-state index in [4.69, 9.17) is 13.9 Å². The Hall–Kier alpha value is -0.533. The van der Waals surface area contributed by atoms with Gasteiger partial charge in [-0.05, 0) is 45.6 Å². The first kappa shape index (κ1) is 19.5. The predicted molar refractivity (Wildman–Crippen MR) is 93.1 cm³/mol. The number of rotatable bonds is 8. The van der Waals surface area contributed by atoms with E-state index in [1.165, 1.54) is 0 Å². The third kappa shape index (κ3) is 5.59. The Morgan fingerprint density at radius 2 is 1.55 bits per heavy atom. The standard InChI is InChI=1S/C16H28O4SSi/c1-12-8-10-14(11-9-12)21(17)13(2)15(16(18-3)19-4)20-22(5,6)7/h8-11,13,15-16H,1-7H3/t13-,15-,21?/m0/s1. The van der Waals surface area contributed by atoms with E-state index in [0.29, 0.717) is 0 Å². The van der Waals surface area contributed by atoms with Crippen molar-refractivity contribution in [1.82, 2.24) is 0 Å². The Morgan fingerprint density at radius 3 is 1.95 bits per heavy atom. The molecule has 1 unspecified atom stereocenters. The van der Waals surface area contributed by atoms with Gasteiger partial charge in [0.25, 0.3) is 0 Å². The Labute approximate surface area is 137 Å². The van der Waals surface area contributed by atoms with Crippen LogP contribution < -0.4 is 0 Å². The first-order chi connectivity index (χ1) is 10.2. The molecule has 0 radical (unpaired) electrons. The number of aryl methyl sites for hydroxylation is 1. The minimum Gasteiger partial charge on any atom is -0.408 e. The second-order valence-electron chi connectivity index (χ2n) is 6.35. The second kappa shape index (κ2) is 8.36.